The first-order valence-electron chi connectivity index (χ1n) is 8.57. The molecule has 1 amide bonds. The molecule has 24 heavy (non-hydrogen) atoms. The molecule has 0 radical (unpaired) electrons. The smallest absolute Gasteiger partial charge is 0.236 e. The van der Waals surface area contributed by atoms with Gasteiger partial charge in [-0.15, -0.1) is 0 Å². The Bertz CT molecular complexity index is 789. The van der Waals surface area contributed by atoms with Gasteiger partial charge in [-0.2, -0.15) is 0 Å². The van der Waals surface area contributed by atoms with Crippen LogP contribution in [0.5, 0.6) is 0 Å². The Hall–Kier alpha value is -1.98. The Morgan fingerprint density at radius 1 is 1.25 bits per heavy atom. The van der Waals surface area contributed by atoms with E-state index >= 15 is 0 Å². The first kappa shape index (κ1) is 14.4. The number of nitrogens with one attached hydrogen (secondary N) is 1. The predicted molar refractivity (Wildman–Crippen MR) is 88.8 cm³/mol. The number of para-hydroxylation sites is 1. The highest BCUT2D eigenvalue weighted by molar-refractivity contribution is 6.07. The minimum atomic E-state index is -0.553. The third kappa shape index (κ3) is 1.61. The van der Waals surface area contributed by atoms with Gasteiger partial charge in [0.15, 0.2) is 5.78 Å². The molecule has 0 bridgehead atoms. The van der Waals surface area contributed by atoms with Crippen molar-refractivity contribution in [3.8, 4) is 0 Å². The highest BCUT2D eigenvalue weighted by Crippen LogP contribution is 2.52. The molecule has 4 atom stereocenters. The van der Waals surface area contributed by atoms with Gasteiger partial charge in [-0.05, 0) is 37.1 Å². The second kappa shape index (κ2) is 4.55. The average molecular weight is 324 g/mol. The topological polar surface area (TPSA) is 58.6 Å². The number of anilines is 1. The third-order valence-electron chi connectivity index (χ3n) is 6.40. The Morgan fingerprint density at radius 2 is 2.08 bits per heavy atom. The zero-order valence-electron chi connectivity index (χ0n) is 13.6. The van der Waals surface area contributed by atoms with E-state index in [2.05, 4.69) is 16.3 Å². The summed E-state index contributed by atoms with van der Waals surface area (Å²) in [4.78, 5) is 27.3. The number of hydrogen-bond acceptors (Lipinski definition) is 4. The molecule has 124 valence electrons. The maximum Gasteiger partial charge on any atom is 0.236 e. The number of ketones is 1. The van der Waals surface area contributed by atoms with E-state index in [1.807, 2.05) is 31.2 Å². The number of benzene rings is 1. The second-order valence-corrected chi connectivity index (χ2v) is 7.49. The van der Waals surface area contributed by atoms with E-state index in [-0.39, 0.29) is 23.8 Å². The molecule has 1 unspecified atom stereocenters. The summed E-state index contributed by atoms with van der Waals surface area (Å²) in [7, 11) is 0. The van der Waals surface area contributed by atoms with Crippen molar-refractivity contribution < 1.29 is 14.3 Å². The minimum absolute atomic E-state index is 0.00804. The number of allylic oxidation sites excluding steroid dienone is 1. The van der Waals surface area contributed by atoms with Gasteiger partial charge in [0.1, 0.15) is 0 Å². The van der Waals surface area contributed by atoms with Crippen LogP contribution in [0.3, 0.4) is 0 Å². The fourth-order valence-electron chi connectivity index (χ4n) is 5.12. The molecule has 5 nitrogen and oxygen atoms in total. The van der Waals surface area contributed by atoms with E-state index in [9.17, 15) is 9.59 Å². The summed E-state index contributed by atoms with van der Waals surface area (Å²) in [5.74, 6) is 0.208. The molecule has 1 aromatic rings. The molecule has 2 fully saturated rings. The molecule has 1 N–H and O–H groups in total. The van der Waals surface area contributed by atoms with Crippen LogP contribution in [0.2, 0.25) is 0 Å². The standard InChI is InChI=1S/C19H20N2O3/c1-18-7-6-12(22)10-15(18)21-9-8-19(16(21)11-24-18)13-4-2-3-5-14(13)20-17(19)23/h2-7,15-16H,8-11H2,1H3,(H,20,23)/t15-,16?,18+,19+/m1/s1. The summed E-state index contributed by atoms with van der Waals surface area (Å²) in [5.41, 5.74) is 0.997. The maximum absolute atomic E-state index is 12.9. The molecule has 0 saturated carbocycles. The van der Waals surface area contributed by atoms with Gasteiger partial charge in [0, 0.05) is 24.7 Å². The molecular weight excluding hydrogens is 304 g/mol. The number of hydrogen-bond donors (Lipinski definition) is 1. The van der Waals surface area contributed by atoms with Gasteiger partial charge in [-0.25, -0.2) is 0 Å². The average Bonchev–Trinajstić information content (AvgIpc) is 3.09. The normalized spacial score (nSPS) is 40.4. The SMILES string of the molecule is C[C@]12C=CC(=O)C[C@H]1N1CC[C@@]3(C(=O)Nc4ccccc43)C1CO2. The number of amides is 1. The van der Waals surface area contributed by atoms with Crippen molar-refractivity contribution >= 4 is 17.4 Å². The second-order valence-electron chi connectivity index (χ2n) is 7.49. The zero-order valence-corrected chi connectivity index (χ0v) is 13.6. The van der Waals surface area contributed by atoms with Crippen LogP contribution in [0.15, 0.2) is 36.4 Å². The summed E-state index contributed by atoms with van der Waals surface area (Å²) in [6, 6.07) is 7.95. The van der Waals surface area contributed by atoms with E-state index in [1.54, 1.807) is 6.08 Å². The van der Waals surface area contributed by atoms with Crippen LogP contribution in [0.4, 0.5) is 5.69 Å². The molecule has 4 aliphatic rings. The Balaban J connectivity index is 1.59. The molecule has 5 rings (SSSR count). The van der Waals surface area contributed by atoms with Crippen LogP contribution < -0.4 is 5.32 Å². The predicted octanol–water partition coefficient (Wildman–Crippen LogP) is 1.64. The number of carbonyl (C=O) groups excluding carboxylic acids is 2. The lowest BCUT2D eigenvalue weighted by Crippen LogP contribution is -2.64. The number of rotatable bonds is 0. The first-order chi connectivity index (χ1) is 11.5. The van der Waals surface area contributed by atoms with Crippen LogP contribution in [0, 0.1) is 0 Å². The monoisotopic (exact) mass is 324 g/mol. The van der Waals surface area contributed by atoms with Crippen molar-refractivity contribution in [2.75, 3.05) is 18.5 Å². The molecule has 3 heterocycles. The molecule has 1 aromatic carbocycles. The molecule has 3 aliphatic heterocycles. The Kier molecular flexibility index (Phi) is 2.73. The number of morpholine rings is 1. The van der Waals surface area contributed by atoms with Gasteiger partial charge < -0.3 is 10.1 Å². The molecule has 1 aliphatic carbocycles. The Labute approximate surface area is 140 Å². The number of nitrogens with zero attached hydrogens (tertiary/aromatic N) is 1. The molecule has 0 aromatic heterocycles. The van der Waals surface area contributed by atoms with Gasteiger partial charge in [0.05, 0.1) is 23.7 Å². The lowest BCUT2D eigenvalue weighted by atomic mass is 9.73. The van der Waals surface area contributed by atoms with E-state index < -0.39 is 11.0 Å². The van der Waals surface area contributed by atoms with Crippen LogP contribution in [-0.2, 0) is 19.7 Å². The van der Waals surface area contributed by atoms with Crippen molar-refractivity contribution in [3.63, 3.8) is 0 Å². The van der Waals surface area contributed by atoms with Gasteiger partial charge in [0.2, 0.25) is 5.91 Å². The van der Waals surface area contributed by atoms with Crippen molar-refractivity contribution in [1.29, 1.82) is 0 Å². The van der Waals surface area contributed by atoms with Crippen molar-refractivity contribution in [1.82, 2.24) is 4.90 Å². The van der Waals surface area contributed by atoms with Crippen molar-refractivity contribution in [2.45, 2.75) is 42.9 Å². The highest BCUT2D eigenvalue weighted by atomic mass is 16.5. The molecular formula is C19H20N2O3. The first-order valence-corrected chi connectivity index (χ1v) is 8.57. The maximum atomic E-state index is 12.9. The van der Waals surface area contributed by atoms with Crippen LogP contribution in [0.1, 0.15) is 25.3 Å². The zero-order chi connectivity index (χ0) is 16.5. The lowest BCUT2D eigenvalue weighted by Gasteiger charge is -2.51. The number of ether oxygens (including phenoxy) is 1. The summed E-state index contributed by atoms with van der Waals surface area (Å²) in [6.07, 6.45) is 4.77. The molecule has 1 spiro atoms. The summed E-state index contributed by atoms with van der Waals surface area (Å²) in [5, 5.41) is 3.05. The number of carbonyl (C=O) groups is 2. The lowest BCUT2D eigenvalue weighted by molar-refractivity contribution is -0.151. The van der Waals surface area contributed by atoms with Gasteiger partial charge in [0.25, 0.3) is 0 Å². The third-order valence-corrected chi connectivity index (χ3v) is 6.40. The summed E-state index contributed by atoms with van der Waals surface area (Å²) >= 11 is 0. The molecule has 5 heteroatoms. The van der Waals surface area contributed by atoms with E-state index in [0.717, 1.165) is 24.2 Å². The summed E-state index contributed by atoms with van der Waals surface area (Å²) in [6.45, 7) is 3.37. The van der Waals surface area contributed by atoms with Crippen LogP contribution in [-0.4, -0.2) is 47.4 Å². The highest BCUT2D eigenvalue weighted by Gasteiger charge is 2.62. The van der Waals surface area contributed by atoms with E-state index in [0.29, 0.717) is 13.0 Å². The van der Waals surface area contributed by atoms with Gasteiger partial charge in [-0.1, -0.05) is 18.2 Å². The fourth-order valence-corrected chi connectivity index (χ4v) is 5.12. The minimum Gasteiger partial charge on any atom is -0.368 e. The largest absolute Gasteiger partial charge is 0.368 e. The van der Waals surface area contributed by atoms with Gasteiger partial charge in [-0.3, -0.25) is 14.5 Å². The Morgan fingerprint density at radius 3 is 2.96 bits per heavy atom. The van der Waals surface area contributed by atoms with Crippen molar-refractivity contribution in [2.24, 2.45) is 0 Å². The summed E-state index contributed by atoms with van der Waals surface area (Å²) < 4.78 is 6.22. The fraction of sp³-hybridized carbons (Fsp3) is 0.474. The van der Waals surface area contributed by atoms with E-state index in [4.69, 9.17) is 4.74 Å². The van der Waals surface area contributed by atoms with Crippen LogP contribution >= 0.6 is 0 Å². The molecule has 2 saturated heterocycles. The number of fused-ring (bicyclic) bond motifs is 6. The van der Waals surface area contributed by atoms with Crippen LogP contribution in [0.25, 0.3) is 0 Å². The quantitative estimate of drug-likeness (QED) is 0.788. The van der Waals surface area contributed by atoms with E-state index in [1.165, 1.54) is 0 Å². The van der Waals surface area contributed by atoms with Gasteiger partial charge >= 0.3 is 0 Å². The van der Waals surface area contributed by atoms with Crippen molar-refractivity contribution in [3.05, 3.63) is 42.0 Å².